The molecule has 1 aliphatic rings. The van der Waals surface area contributed by atoms with E-state index >= 15 is 0 Å². The molecule has 7 nitrogen and oxygen atoms in total. The van der Waals surface area contributed by atoms with Crippen molar-refractivity contribution in [1.82, 2.24) is 15.0 Å². The number of hydrogen-bond acceptors (Lipinski definition) is 6. The molecule has 1 saturated heterocycles. The fourth-order valence-corrected chi connectivity index (χ4v) is 3.19. The molecule has 7 heteroatoms. The minimum absolute atomic E-state index is 0.245. The molecular weight excluding hydrogens is 298 g/mol. The molecule has 1 aliphatic heterocycles. The molecule has 0 saturated carbocycles. The minimum atomic E-state index is -0.944. The topological polar surface area (TPSA) is 92.6 Å². The first kappa shape index (κ1) is 15.7. The normalized spacial score (nSPS) is 19.1. The highest BCUT2D eigenvalue weighted by Gasteiger charge is 2.24. The molecule has 1 unspecified atom stereocenters. The maximum atomic E-state index is 11.1. The number of likely N-dealkylation sites (tertiary alicyclic amines) is 1. The Bertz CT molecular complexity index is 691. The average Bonchev–Trinajstić information content (AvgIpc) is 3.05. The molecule has 1 atom stereocenters. The zero-order valence-electron chi connectivity index (χ0n) is 13.4. The van der Waals surface area contributed by atoms with Crippen LogP contribution in [0.25, 0.3) is 0 Å². The van der Waals surface area contributed by atoms with Crippen LogP contribution in [0.1, 0.15) is 46.4 Å². The zero-order chi connectivity index (χ0) is 16.4. The summed E-state index contributed by atoms with van der Waals surface area (Å²) in [4.78, 5) is 17.6. The van der Waals surface area contributed by atoms with Gasteiger partial charge in [0.2, 0.25) is 5.89 Å². The van der Waals surface area contributed by atoms with Gasteiger partial charge in [-0.05, 0) is 45.2 Å². The number of rotatable bonds is 5. The molecular formula is C16H21N3O4. The number of furan rings is 1. The Hall–Kier alpha value is -2.15. The van der Waals surface area contributed by atoms with E-state index in [1.54, 1.807) is 13.0 Å². The van der Waals surface area contributed by atoms with Crippen molar-refractivity contribution in [2.75, 3.05) is 13.1 Å². The molecule has 23 heavy (non-hydrogen) atoms. The van der Waals surface area contributed by atoms with Crippen molar-refractivity contribution in [2.45, 2.75) is 39.7 Å². The third kappa shape index (κ3) is 3.79. The molecule has 124 valence electrons. The van der Waals surface area contributed by atoms with E-state index in [9.17, 15) is 4.79 Å². The van der Waals surface area contributed by atoms with Crippen molar-refractivity contribution >= 4 is 5.97 Å². The van der Waals surface area contributed by atoms with Gasteiger partial charge in [0.25, 0.3) is 0 Å². The van der Waals surface area contributed by atoms with Gasteiger partial charge in [-0.3, -0.25) is 4.90 Å². The molecule has 3 heterocycles. The number of nitrogens with zero attached hydrogens (tertiary/aromatic N) is 3. The number of carbonyl (C=O) groups is 1. The summed E-state index contributed by atoms with van der Waals surface area (Å²) in [6, 6.07) is 1.63. The number of carboxylic acid groups (broad SMARTS) is 1. The Kier molecular flexibility index (Phi) is 4.47. The van der Waals surface area contributed by atoms with Gasteiger partial charge < -0.3 is 14.0 Å². The molecule has 0 aromatic carbocycles. The van der Waals surface area contributed by atoms with Crippen LogP contribution in [-0.4, -0.2) is 39.2 Å². The quantitative estimate of drug-likeness (QED) is 0.904. The lowest BCUT2D eigenvalue weighted by molar-refractivity contribution is 0.0695. The lowest BCUT2D eigenvalue weighted by atomic mass is 9.94. The highest BCUT2D eigenvalue weighted by molar-refractivity contribution is 5.88. The van der Waals surface area contributed by atoms with Crippen molar-refractivity contribution in [1.29, 1.82) is 0 Å². The fourth-order valence-electron chi connectivity index (χ4n) is 3.19. The van der Waals surface area contributed by atoms with Gasteiger partial charge in [0.1, 0.15) is 17.1 Å². The maximum absolute atomic E-state index is 11.1. The molecule has 2 aromatic rings. The first-order chi connectivity index (χ1) is 11.0. The number of carboxylic acids is 1. The first-order valence-electron chi connectivity index (χ1n) is 7.85. The van der Waals surface area contributed by atoms with Crippen molar-refractivity contribution < 1.29 is 18.8 Å². The molecule has 0 radical (unpaired) electrons. The van der Waals surface area contributed by atoms with Crippen LogP contribution < -0.4 is 0 Å². The van der Waals surface area contributed by atoms with Gasteiger partial charge in [0, 0.05) is 13.0 Å². The summed E-state index contributed by atoms with van der Waals surface area (Å²) in [5.41, 5.74) is 0.245. The summed E-state index contributed by atoms with van der Waals surface area (Å²) in [7, 11) is 0. The largest absolute Gasteiger partial charge is 0.478 e. The molecule has 1 N–H and O–H groups in total. The third-order valence-corrected chi connectivity index (χ3v) is 4.21. The second kappa shape index (κ2) is 6.54. The summed E-state index contributed by atoms with van der Waals surface area (Å²) in [6.45, 7) is 6.04. The summed E-state index contributed by atoms with van der Waals surface area (Å²) in [5.74, 6) is 2.05. The molecule has 0 bridgehead atoms. The van der Waals surface area contributed by atoms with Crippen molar-refractivity contribution in [3.63, 3.8) is 0 Å². The highest BCUT2D eigenvalue weighted by atomic mass is 16.5. The van der Waals surface area contributed by atoms with Crippen molar-refractivity contribution in [3.05, 3.63) is 34.9 Å². The minimum Gasteiger partial charge on any atom is -0.478 e. The first-order valence-corrected chi connectivity index (χ1v) is 7.85. The maximum Gasteiger partial charge on any atom is 0.339 e. The van der Waals surface area contributed by atoms with Crippen LogP contribution >= 0.6 is 0 Å². The Morgan fingerprint density at radius 2 is 2.30 bits per heavy atom. The number of aryl methyl sites for hydroxylation is 2. The number of hydrogen-bond donors (Lipinski definition) is 1. The van der Waals surface area contributed by atoms with E-state index in [1.807, 2.05) is 6.92 Å². The standard InChI is InChI=1S/C16H21N3O4/c1-10-14(16(20)21)7-13(22-10)9-19-5-3-4-12(8-19)6-15-17-11(2)18-23-15/h7,12H,3-6,8-9H2,1-2H3,(H,20,21). The predicted molar refractivity (Wildman–Crippen MR) is 81.1 cm³/mol. The van der Waals surface area contributed by atoms with Gasteiger partial charge >= 0.3 is 5.97 Å². The number of aromatic nitrogens is 2. The van der Waals surface area contributed by atoms with E-state index in [0.29, 0.717) is 35.7 Å². The highest BCUT2D eigenvalue weighted by Crippen LogP contribution is 2.23. The fraction of sp³-hybridized carbons (Fsp3) is 0.562. The van der Waals surface area contributed by atoms with E-state index in [2.05, 4.69) is 15.0 Å². The molecule has 0 spiro atoms. The molecule has 2 aromatic heterocycles. The molecule has 0 aliphatic carbocycles. The Morgan fingerprint density at radius 3 is 2.96 bits per heavy atom. The Balaban J connectivity index is 1.60. The monoisotopic (exact) mass is 319 g/mol. The second-order valence-corrected chi connectivity index (χ2v) is 6.17. The van der Waals surface area contributed by atoms with E-state index in [-0.39, 0.29) is 5.56 Å². The summed E-state index contributed by atoms with van der Waals surface area (Å²) >= 11 is 0. The molecule has 3 rings (SSSR count). The van der Waals surface area contributed by atoms with E-state index < -0.39 is 5.97 Å². The van der Waals surface area contributed by atoms with Gasteiger partial charge in [0.15, 0.2) is 5.82 Å². The Labute approximate surface area is 134 Å². The van der Waals surface area contributed by atoms with Crippen LogP contribution in [-0.2, 0) is 13.0 Å². The summed E-state index contributed by atoms with van der Waals surface area (Å²) < 4.78 is 10.8. The SMILES string of the molecule is Cc1noc(CC2CCCN(Cc3cc(C(=O)O)c(C)o3)C2)n1. The van der Waals surface area contributed by atoms with Crippen LogP contribution in [0.5, 0.6) is 0 Å². The van der Waals surface area contributed by atoms with Crippen LogP contribution in [0, 0.1) is 19.8 Å². The smallest absolute Gasteiger partial charge is 0.339 e. The predicted octanol–water partition coefficient (Wildman–Crippen LogP) is 2.43. The van der Waals surface area contributed by atoms with E-state index in [1.165, 1.54) is 0 Å². The zero-order valence-corrected chi connectivity index (χ0v) is 13.4. The van der Waals surface area contributed by atoms with Crippen molar-refractivity contribution in [3.8, 4) is 0 Å². The van der Waals surface area contributed by atoms with Crippen LogP contribution in [0.4, 0.5) is 0 Å². The van der Waals surface area contributed by atoms with Gasteiger partial charge in [-0.2, -0.15) is 4.98 Å². The van der Waals surface area contributed by atoms with Crippen LogP contribution in [0.2, 0.25) is 0 Å². The third-order valence-electron chi connectivity index (χ3n) is 4.21. The summed E-state index contributed by atoms with van der Waals surface area (Å²) in [5, 5.41) is 12.9. The van der Waals surface area contributed by atoms with Crippen LogP contribution in [0.3, 0.4) is 0 Å². The van der Waals surface area contributed by atoms with Gasteiger partial charge in [0.05, 0.1) is 6.54 Å². The van der Waals surface area contributed by atoms with E-state index in [4.69, 9.17) is 14.0 Å². The number of aromatic carboxylic acids is 1. The Morgan fingerprint density at radius 1 is 1.48 bits per heavy atom. The van der Waals surface area contributed by atoms with Crippen LogP contribution in [0.15, 0.2) is 15.0 Å². The molecule has 1 fully saturated rings. The lowest BCUT2D eigenvalue weighted by Gasteiger charge is -2.31. The van der Waals surface area contributed by atoms with E-state index in [0.717, 1.165) is 32.4 Å². The molecule has 0 amide bonds. The van der Waals surface area contributed by atoms with Crippen molar-refractivity contribution in [2.24, 2.45) is 5.92 Å². The second-order valence-electron chi connectivity index (χ2n) is 6.17. The van der Waals surface area contributed by atoms with Gasteiger partial charge in [-0.25, -0.2) is 4.79 Å². The number of piperidine rings is 1. The summed E-state index contributed by atoms with van der Waals surface area (Å²) in [6.07, 6.45) is 3.02. The lowest BCUT2D eigenvalue weighted by Crippen LogP contribution is -2.35. The van der Waals surface area contributed by atoms with Gasteiger partial charge in [-0.15, -0.1) is 0 Å². The average molecular weight is 319 g/mol. The van der Waals surface area contributed by atoms with Gasteiger partial charge in [-0.1, -0.05) is 5.16 Å².